The Labute approximate surface area is 144 Å². The van der Waals surface area contributed by atoms with Crippen LogP contribution in [-0.4, -0.2) is 31.4 Å². The molecule has 0 aromatic heterocycles. The Morgan fingerprint density at radius 2 is 2.04 bits per heavy atom. The van der Waals surface area contributed by atoms with Crippen LogP contribution in [0.25, 0.3) is 0 Å². The third-order valence-corrected chi connectivity index (χ3v) is 4.01. The maximum Gasteiger partial charge on any atom is 0.222 e. The number of halogens is 1. The van der Waals surface area contributed by atoms with E-state index in [0.29, 0.717) is 12.5 Å². The van der Waals surface area contributed by atoms with E-state index in [1.807, 2.05) is 30.3 Å². The molecule has 23 heavy (non-hydrogen) atoms. The van der Waals surface area contributed by atoms with Crippen molar-refractivity contribution in [2.24, 2.45) is 5.92 Å². The Kier molecular flexibility index (Phi) is 8.66. The second kappa shape index (κ2) is 10.2. The van der Waals surface area contributed by atoms with E-state index < -0.39 is 0 Å². The van der Waals surface area contributed by atoms with Crippen molar-refractivity contribution in [2.45, 2.75) is 32.2 Å². The first-order chi connectivity index (χ1) is 10.6. The molecule has 1 fully saturated rings. The zero-order chi connectivity index (χ0) is 15.8. The first-order valence-corrected chi connectivity index (χ1v) is 7.94. The summed E-state index contributed by atoms with van der Waals surface area (Å²) in [6.07, 6.45) is 2.47. The van der Waals surface area contributed by atoms with Gasteiger partial charge in [0.25, 0.3) is 0 Å². The molecule has 1 aromatic rings. The van der Waals surface area contributed by atoms with Crippen LogP contribution in [0.3, 0.4) is 0 Å². The molecular formula is C17H26ClN3O2. The van der Waals surface area contributed by atoms with Gasteiger partial charge in [-0.1, -0.05) is 30.3 Å². The van der Waals surface area contributed by atoms with Crippen molar-refractivity contribution in [2.75, 3.05) is 19.6 Å². The number of nitrogens with one attached hydrogen (secondary N) is 3. The maximum atomic E-state index is 12.1. The molecular weight excluding hydrogens is 314 g/mol. The van der Waals surface area contributed by atoms with Crippen molar-refractivity contribution >= 4 is 24.2 Å². The molecule has 1 saturated heterocycles. The van der Waals surface area contributed by atoms with E-state index in [4.69, 9.17) is 0 Å². The van der Waals surface area contributed by atoms with E-state index in [1.165, 1.54) is 13.3 Å². The fourth-order valence-electron chi connectivity index (χ4n) is 2.82. The smallest absolute Gasteiger partial charge is 0.222 e. The SMILES string of the molecule is CC(=O)NC(CC(=O)NCCC1CCNC1)c1ccccc1.Cl. The van der Waals surface area contributed by atoms with Crippen molar-refractivity contribution in [1.29, 1.82) is 0 Å². The molecule has 1 aliphatic rings. The molecule has 1 aliphatic heterocycles. The van der Waals surface area contributed by atoms with Crippen molar-refractivity contribution in [3.05, 3.63) is 35.9 Å². The van der Waals surface area contributed by atoms with Crippen LogP contribution in [-0.2, 0) is 9.59 Å². The molecule has 2 rings (SSSR count). The first kappa shape index (κ1) is 19.5. The van der Waals surface area contributed by atoms with E-state index in [9.17, 15) is 9.59 Å². The lowest BCUT2D eigenvalue weighted by atomic mass is 10.0. The fourth-order valence-corrected chi connectivity index (χ4v) is 2.82. The van der Waals surface area contributed by atoms with Crippen molar-refractivity contribution < 1.29 is 9.59 Å². The van der Waals surface area contributed by atoms with Crippen LogP contribution >= 0.6 is 12.4 Å². The summed E-state index contributed by atoms with van der Waals surface area (Å²) in [6, 6.07) is 9.33. The van der Waals surface area contributed by atoms with E-state index in [-0.39, 0.29) is 36.7 Å². The van der Waals surface area contributed by atoms with Crippen LogP contribution in [0, 0.1) is 5.92 Å². The Balaban J connectivity index is 0.00000264. The van der Waals surface area contributed by atoms with Gasteiger partial charge in [-0.15, -0.1) is 12.4 Å². The van der Waals surface area contributed by atoms with Crippen LogP contribution < -0.4 is 16.0 Å². The number of carbonyl (C=O) groups is 2. The van der Waals surface area contributed by atoms with E-state index in [1.54, 1.807) is 0 Å². The van der Waals surface area contributed by atoms with Crippen LogP contribution in [0.5, 0.6) is 0 Å². The molecule has 2 unspecified atom stereocenters. The van der Waals surface area contributed by atoms with Crippen LogP contribution in [0.2, 0.25) is 0 Å². The summed E-state index contributed by atoms with van der Waals surface area (Å²) >= 11 is 0. The summed E-state index contributed by atoms with van der Waals surface area (Å²) in [6.45, 7) is 4.30. The van der Waals surface area contributed by atoms with Gasteiger partial charge in [-0.25, -0.2) is 0 Å². The lowest BCUT2D eigenvalue weighted by molar-refractivity contribution is -0.122. The second-order valence-electron chi connectivity index (χ2n) is 5.87. The molecule has 1 heterocycles. The molecule has 0 aliphatic carbocycles. The van der Waals surface area contributed by atoms with E-state index in [0.717, 1.165) is 25.1 Å². The average molecular weight is 340 g/mol. The van der Waals surface area contributed by atoms with Gasteiger partial charge in [-0.2, -0.15) is 0 Å². The highest BCUT2D eigenvalue weighted by Crippen LogP contribution is 2.16. The molecule has 0 spiro atoms. The highest BCUT2D eigenvalue weighted by atomic mass is 35.5. The minimum absolute atomic E-state index is 0. The van der Waals surface area contributed by atoms with Gasteiger partial charge in [-0.05, 0) is 37.4 Å². The second-order valence-corrected chi connectivity index (χ2v) is 5.87. The number of rotatable bonds is 7. The zero-order valence-electron chi connectivity index (χ0n) is 13.5. The third-order valence-electron chi connectivity index (χ3n) is 4.01. The number of hydrogen-bond acceptors (Lipinski definition) is 3. The Hall–Kier alpha value is -1.59. The summed E-state index contributed by atoms with van der Waals surface area (Å²) in [4.78, 5) is 23.5. The molecule has 2 amide bonds. The molecule has 6 heteroatoms. The Morgan fingerprint density at radius 3 is 2.65 bits per heavy atom. The number of hydrogen-bond donors (Lipinski definition) is 3. The van der Waals surface area contributed by atoms with Crippen molar-refractivity contribution in [3.8, 4) is 0 Å². The summed E-state index contributed by atoms with van der Waals surface area (Å²) in [5, 5.41) is 9.14. The molecule has 2 atom stereocenters. The quantitative estimate of drug-likeness (QED) is 0.709. The highest BCUT2D eigenvalue weighted by Gasteiger charge is 2.18. The standard InChI is InChI=1S/C17H25N3O2.ClH/c1-13(21)20-16(15-5-3-2-4-6-15)11-17(22)19-10-8-14-7-9-18-12-14;/h2-6,14,16,18H,7-12H2,1H3,(H,19,22)(H,20,21);1H. The predicted octanol–water partition coefficient (Wildman–Crippen LogP) is 1.79. The largest absolute Gasteiger partial charge is 0.356 e. The van der Waals surface area contributed by atoms with Gasteiger partial charge in [-0.3, -0.25) is 9.59 Å². The lowest BCUT2D eigenvalue weighted by Crippen LogP contribution is -2.33. The van der Waals surface area contributed by atoms with Gasteiger partial charge >= 0.3 is 0 Å². The van der Waals surface area contributed by atoms with Crippen LogP contribution in [0.1, 0.15) is 37.8 Å². The van der Waals surface area contributed by atoms with Crippen molar-refractivity contribution in [1.82, 2.24) is 16.0 Å². The Morgan fingerprint density at radius 1 is 1.30 bits per heavy atom. The highest BCUT2D eigenvalue weighted by molar-refractivity contribution is 5.85. The van der Waals surface area contributed by atoms with Gasteiger partial charge in [0.1, 0.15) is 0 Å². The first-order valence-electron chi connectivity index (χ1n) is 7.94. The summed E-state index contributed by atoms with van der Waals surface area (Å²) in [5.74, 6) is 0.521. The molecule has 5 nitrogen and oxygen atoms in total. The van der Waals surface area contributed by atoms with Crippen LogP contribution in [0.15, 0.2) is 30.3 Å². The lowest BCUT2D eigenvalue weighted by Gasteiger charge is -2.18. The van der Waals surface area contributed by atoms with Gasteiger partial charge in [0.15, 0.2) is 0 Å². The Bertz CT molecular complexity index is 490. The summed E-state index contributed by atoms with van der Waals surface area (Å²) < 4.78 is 0. The number of benzene rings is 1. The monoisotopic (exact) mass is 339 g/mol. The predicted molar refractivity (Wildman–Crippen MR) is 93.5 cm³/mol. The van der Waals surface area contributed by atoms with Crippen LogP contribution in [0.4, 0.5) is 0 Å². The summed E-state index contributed by atoms with van der Waals surface area (Å²) in [7, 11) is 0. The molecule has 128 valence electrons. The maximum absolute atomic E-state index is 12.1. The summed E-state index contributed by atoms with van der Waals surface area (Å²) in [5.41, 5.74) is 0.952. The minimum Gasteiger partial charge on any atom is -0.356 e. The fraction of sp³-hybridized carbons (Fsp3) is 0.529. The van der Waals surface area contributed by atoms with Gasteiger partial charge in [0.05, 0.1) is 12.5 Å². The van der Waals surface area contributed by atoms with Gasteiger partial charge in [0, 0.05) is 13.5 Å². The molecule has 0 saturated carbocycles. The molecule has 1 aromatic carbocycles. The number of amides is 2. The molecule has 0 radical (unpaired) electrons. The zero-order valence-corrected chi connectivity index (χ0v) is 14.3. The minimum atomic E-state index is -0.271. The normalized spacial score (nSPS) is 17.9. The van der Waals surface area contributed by atoms with Gasteiger partial charge in [0.2, 0.25) is 11.8 Å². The van der Waals surface area contributed by atoms with E-state index >= 15 is 0 Å². The third kappa shape index (κ3) is 7.01. The number of carbonyl (C=O) groups excluding carboxylic acids is 2. The molecule has 0 bridgehead atoms. The topological polar surface area (TPSA) is 70.2 Å². The van der Waals surface area contributed by atoms with E-state index in [2.05, 4.69) is 16.0 Å². The molecule has 3 N–H and O–H groups in total. The van der Waals surface area contributed by atoms with Crippen molar-refractivity contribution in [3.63, 3.8) is 0 Å². The average Bonchev–Trinajstić information content (AvgIpc) is 3.00. The van der Waals surface area contributed by atoms with Gasteiger partial charge < -0.3 is 16.0 Å².